The molecule has 2 atom stereocenters. The van der Waals surface area contributed by atoms with Crippen LogP contribution in [0.1, 0.15) is 54.5 Å². The molecule has 0 bridgehead atoms. The fourth-order valence-electron chi connectivity index (χ4n) is 3.36. The molecule has 1 aliphatic carbocycles. The Morgan fingerprint density at radius 2 is 1.87 bits per heavy atom. The monoisotopic (exact) mass is 311 g/mol. The van der Waals surface area contributed by atoms with Crippen molar-refractivity contribution in [2.45, 2.75) is 58.6 Å². The van der Waals surface area contributed by atoms with E-state index >= 15 is 0 Å². The summed E-state index contributed by atoms with van der Waals surface area (Å²) in [5, 5.41) is 14.0. The van der Waals surface area contributed by atoms with Gasteiger partial charge in [-0.05, 0) is 43.7 Å². The number of aliphatic hydroxyl groups excluding tert-OH is 1. The molecule has 0 radical (unpaired) electrons. The maximum atomic E-state index is 10.5. The SMILES string of the molecule is CCc1nc(N[C@@H]2c3ccccc3CC[C@@H]2O)c(CC)nc1C. The summed E-state index contributed by atoms with van der Waals surface area (Å²) in [5.41, 5.74) is 5.47. The lowest BCUT2D eigenvalue weighted by molar-refractivity contribution is 0.135. The number of fused-ring (bicyclic) bond motifs is 1. The molecule has 2 N–H and O–H groups in total. The summed E-state index contributed by atoms with van der Waals surface area (Å²) in [5.74, 6) is 0.815. The predicted molar refractivity (Wildman–Crippen MR) is 92.7 cm³/mol. The third kappa shape index (κ3) is 3.08. The maximum Gasteiger partial charge on any atom is 0.148 e. The van der Waals surface area contributed by atoms with E-state index in [0.29, 0.717) is 0 Å². The highest BCUT2D eigenvalue weighted by Gasteiger charge is 2.28. The highest BCUT2D eigenvalue weighted by atomic mass is 16.3. The van der Waals surface area contributed by atoms with E-state index in [-0.39, 0.29) is 6.04 Å². The lowest BCUT2D eigenvalue weighted by atomic mass is 9.85. The Labute approximate surface area is 138 Å². The Morgan fingerprint density at radius 3 is 2.61 bits per heavy atom. The fourth-order valence-corrected chi connectivity index (χ4v) is 3.36. The molecule has 0 spiro atoms. The van der Waals surface area contributed by atoms with Crippen LogP contribution in [0.4, 0.5) is 5.82 Å². The van der Waals surface area contributed by atoms with Crippen LogP contribution in [0.2, 0.25) is 0 Å². The second kappa shape index (κ2) is 6.67. The van der Waals surface area contributed by atoms with Gasteiger partial charge in [0.25, 0.3) is 0 Å². The van der Waals surface area contributed by atoms with Crippen LogP contribution in [0.15, 0.2) is 24.3 Å². The number of aliphatic hydroxyl groups is 1. The summed E-state index contributed by atoms with van der Waals surface area (Å²) in [4.78, 5) is 9.48. The lowest BCUT2D eigenvalue weighted by Gasteiger charge is -2.32. The van der Waals surface area contributed by atoms with E-state index in [2.05, 4.69) is 37.4 Å². The Bertz CT molecular complexity index is 699. The van der Waals surface area contributed by atoms with Crippen molar-refractivity contribution in [2.75, 3.05) is 5.32 Å². The minimum absolute atomic E-state index is 0.119. The van der Waals surface area contributed by atoms with Crippen LogP contribution < -0.4 is 5.32 Å². The number of benzene rings is 1. The van der Waals surface area contributed by atoms with Gasteiger partial charge in [-0.3, -0.25) is 4.98 Å². The third-order valence-electron chi connectivity index (χ3n) is 4.69. The summed E-state index contributed by atoms with van der Waals surface area (Å²) in [7, 11) is 0. The molecule has 23 heavy (non-hydrogen) atoms. The Balaban J connectivity index is 1.98. The van der Waals surface area contributed by atoms with Crippen molar-refractivity contribution < 1.29 is 5.11 Å². The zero-order valence-corrected chi connectivity index (χ0v) is 14.1. The molecule has 1 aromatic carbocycles. The van der Waals surface area contributed by atoms with Gasteiger partial charge in [0, 0.05) is 0 Å². The Hall–Kier alpha value is -1.94. The molecular formula is C19H25N3O. The van der Waals surface area contributed by atoms with Crippen LogP contribution in [0.25, 0.3) is 0 Å². The topological polar surface area (TPSA) is 58.0 Å². The molecule has 122 valence electrons. The Kier molecular flexibility index (Phi) is 4.62. The molecule has 0 aliphatic heterocycles. The van der Waals surface area contributed by atoms with E-state index in [1.165, 1.54) is 11.1 Å². The number of anilines is 1. The van der Waals surface area contributed by atoms with E-state index in [4.69, 9.17) is 9.97 Å². The number of nitrogens with zero attached hydrogens (tertiary/aromatic N) is 2. The summed E-state index contributed by atoms with van der Waals surface area (Å²) in [6.07, 6.45) is 2.99. The van der Waals surface area contributed by atoms with Crippen LogP contribution in [0.5, 0.6) is 0 Å². The number of rotatable bonds is 4. The van der Waals surface area contributed by atoms with Crippen molar-refractivity contribution in [3.05, 3.63) is 52.5 Å². The van der Waals surface area contributed by atoms with Crippen LogP contribution in [-0.2, 0) is 19.3 Å². The molecule has 0 saturated carbocycles. The van der Waals surface area contributed by atoms with Crippen molar-refractivity contribution in [1.82, 2.24) is 9.97 Å². The largest absolute Gasteiger partial charge is 0.391 e. The first-order chi connectivity index (χ1) is 11.1. The quantitative estimate of drug-likeness (QED) is 0.909. The fraction of sp³-hybridized carbons (Fsp3) is 0.474. The molecule has 0 fully saturated rings. The van der Waals surface area contributed by atoms with Gasteiger partial charge in [-0.2, -0.15) is 0 Å². The smallest absolute Gasteiger partial charge is 0.148 e. The van der Waals surface area contributed by atoms with Crippen molar-refractivity contribution in [3.63, 3.8) is 0 Å². The van der Waals surface area contributed by atoms with Gasteiger partial charge in [0.1, 0.15) is 5.82 Å². The molecule has 4 nitrogen and oxygen atoms in total. The van der Waals surface area contributed by atoms with Crippen molar-refractivity contribution in [1.29, 1.82) is 0 Å². The molecule has 2 aromatic rings. The summed E-state index contributed by atoms with van der Waals surface area (Å²) in [6, 6.07) is 8.22. The van der Waals surface area contributed by atoms with Crippen LogP contribution in [0.3, 0.4) is 0 Å². The van der Waals surface area contributed by atoms with E-state index < -0.39 is 6.10 Å². The average Bonchev–Trinajstić information content (AvgIpc) is 2.58. The van der Waals surface area contributed by atoms with E-state index in [1.54, 1.807) is 0 Å². The first-order valence-electron chi connectivity index (χ1n) is 8.52. The van der Waals surface area contributed by atoms with Crippen molar-refractivity contribution in [3.8, 4) is 0 Å². The molecule has 1 aromatic heterocycles. The van der Waals surface area contributed by atoms with Gasteiger partial charge in [-0.25, -0.2) is 4.98 Å². The molecule has 0 saturated heterocycles. The van der Waals surface area contributed by atoms with Gasteiger partial charge in [-0.15, -0.1) is 0 Å². The van der Waals surface area contributed by atoms with Gasteiger partial charge < -0.3 is 10.4 Å². The highest BCUT2D eigenvalue weighted by Crippen LogP contribution is 2.33. The minimum atomic E-state index is -0.400. The lowest BCUT2D eigenvalue weighted by Crippen LogP contribution is -2.31. The van der Waals surface area contributed by atoms with Gasteiger partial charge in [0.2, 0.25) is 0 Å². The number of aromatic nitrogens is 2. The van der Waals surface area contributed by atoms with Crippen molar-refractivity contribution in [2.24, 2.45) is 0 Å². The third-order valence-corrected chi connectivity index (χ3v) is 4.69. The van der Waals surface area contributed by atoms with Crippen LogP contribution >= 0.6 is 0 Å². The van der Waals surface area contributed by atoms with E-state index in [9.17, 15) is 5.11 Å². The molecule has 0 amide bonds. The zero-order chi connectivity index (χ0) is 16.4. The summed E-state index contributed by atoms with van der Waals surface area (Å²) in [6.45, 7) is 6.20. The van der Waals surface area contributed by atoms with E-state index in [1.807, 2.05) is 13.0 Å². The number of hydrogen-bond donors (Lipinski definition) is 2. The standard InChI is InChI=1S/C19H25N3O/c1-4-15-12(3)20-16(5-2)19(21-15)22-18-14-9-7-6-8-13(14)10-11-17(18)23/h6-9,17-18,23H,4-5,10-11H2,1-3H3,(H,21,22)/t17-,18+/m0/s1. The van der Waals surface area contributed by atoms with Crippen LogP contribution in [0, 0.1) is 6.92 Å². The first kappa shape index (κ1) is 15.9. The maximum absolute atomic E-state index is 10.5. The average molecular weight is 311 g/mol. The number of nitrogens with one attached hydrogen (secondary N) is 1. The van der Waals surface area contributed by atoms with Gasteiger partial charge in [0.05, 0.1) is 29.2 Å². The first-order valence-corrected chi connectivity index (χ1v) is 8.52. The van der Waals surface area contributed by atoms with Crippen LogP contribution in [-0.4, -0.2) is 21.2 Å². The number of aryl methyl sites for hydroxylation is 4. The minimum Gasteiger partial charge on any atom is -0.391 e. The van der Waals surface area contributed by atoms with Gasteiger partial charge in [-0.1, -0.05) is 38.1 Å². The zero-order valence-electron chi connectivity index (χ0n) is 14.1. The predicted octanol–water partition coefficient (Wildman–Crippen LogP) is 3.37. The second-order valence-electron chi connectivity index (χ2n) is 6.18. The second-order valence-corrected chi connectivity index (χ2v) is 6.18. The molecule has 0 unspecified atom stereocenters. The summed E-state index contributed by atoms with van der Waals surface area (Å²) >= 11 is 0. The molecule has 4 heteroatoms. The molecule has 1 heterocycles. The molecule has 1 aliphatic rings. The van der Waals surface area contributed by atoms with Gasteiger partial charge >= 0.3 is 0 Å². The van der Waals surface area contributed by atoms with E-state index in [0.717, 1.165) is 48.6 Å². The Morgan fingerprint density at radius 1 is 1.13 bits per heavy atom. The molecule has 3 rings (SSSR count). The summed E-state index contributed by atoms with van der Waals surface area (Å²) < 4.78 is 0. The highest BCUT2D eigenvalue weighted by molar-refractivity contribution is 5.47. The molecular weight excluding hydrogens is 286 g/mol. The van der Waals surface area contributed by atoms with Crippen molar-refractivity contribution >= 4 is 5.82 Å². The normalized spacial score (nSPS) is 20.2. The number of hydrogen-bond acceptors (Lipinski definition) is 4. The van der Waals surface area contributed by atoms with Gasteiger partial charge in [0.15, 0.2) is 0 Å².